The molecule has 0 bridgehead atoms. The molecule has 0 saturated carbocycles. The van der Waals surface area contributed by atoms with Gasteiger partial charge in [0.05, 0.1) is 16.3 Å². The molecule has 0 saturated heterocycles. The van der Waals surface area contributed by atoms with Crippen LogP contribution in [0, 0.1) is 5.92 Å². The zero-order chi connectivity index (χ0) is 22.0. The van der Waals surface area contributed by atoms with Gasteiger partial charge in [0.1, 0.15) is 4.83 Å². The van der Waals surface area contributed by atoms with Crippen molar-refractivity contribution >= 4 is 50.6 Å². The van der Waals surface area contributed by atoms with Crippen molar-refractivity contribution in [3.05, 3.63) is 63.6 Å². The highest BCUT2D eigenvalue weighted by molar-refractivity contribution is 8.00. The molecule has 1 amide bonds. The molecule has 31 heavy (non-hydrogen) atoms. The van der Waals surface area contributed by atoms with Crippen LogP contribution < -0.4 is 10.9 Å². The molecule has 0 aliphatic heterocycles. The smallest absolute Gasteiger partial charge is 0.268 e. The third-order valence-corrected chi connectivity index (χ3v) is 7.54. The van der Waals surface area contributed by atoms with Gasteiger partial charge >= 0.3 is 0 Å². The van der Waals surface area contributed by atoms with E-state index in [9.17, 15) is 9.59 Å². The Hall–Kier alpha value is -2.42. The first-order valence-electron chi connectivity index (χ1n) is 10.0. The summed E-state index contributed by atoms with van der Waals surface area (Å²) in [5, 5.41) is 7.73. The SMILES string of the molecule is CC(C)CNC(=O)C(C)Sc1nc2scc(-c3cccs3)c2c(=O)n1-c1ccccc1. The maximum Gasteiger partial charge on any atom is 0.268 e. The summed E-state index contributed by atoms with van der Waals surface area (Å²) in [5.41, 5.74) is 1.54. The van der Waals surface area contributed by atoms with Crippen LogP contribution in [-0.4, -0.2) is 27.3 Å². The van der Waals surface area contributed by atoms with Crippen LogP contribution in [0.25, 0.3) is 26.3 Å². The largest absolute Gasteiger partial charge is 0.355 e. The van der Waals surface area contributed by atoms with E-state index in [1.165, 1.54) is 23.1 Å². The Kier molecular flexibility index (Phi) is 6.60. The monoisotopic (exact) mass is 469 g/mol. The number of para-hydroxylation sites is 1. The average molecular weight is 470 g/mol. The fourth-order valence-electron chi connectivity index (χ4n) is 3.13. The second kappa shape index (κ2) is 9.38. The number of aromatic nitrogens is 2. The van der Waals surface area contributed by atoms with E-state index in [0.29, 0.717) is 27.8 Å². The van der Waals surface area contributed by atoms with Crippen LogP contribution in [0.1, 0.15) is 20.8 Å². The summed E-state index contributed by atoms with van der Waals surface area (Å²) < 4.78 is 1.63. The number of benzene rings is 1. The Morgan fingerprint density at radius 1 is 1.13 bits per heavy atom. The van der Waals surface area contributed by atoms with Crippen LogP contribution >= 0.6 is 34.4 Å². The number of hydrogen-bond acceptors (Lipinski definition) is 6. The Bertz CT molecular complexity index is 1240. The van der Waals surface area contributed by atoms with Crippen molar-refractivity contribution in [2.45, 2.75) is 31.2 Å². The van der Waals surface area contributed by atoms with Crippen molar-refractivity contribution in [3.8, 4) is 16.1 Å². The van der Waals surface area contributed by atoms with E-state index in [1.807, 2.05) is 60.1 Å². The van der Waals surface area contributed by atoms with E-state index in [0.717, 1.165) is 16.1 Å². The number of nitrogens with zero attached hydrogens (tertiary/aromatic N) is 2. The molecule has 1 unspecified atom stereocenters. The van der Waals surface area contributed by atoms with Gasteiger partial charge in [0, 0.05) is 22.4 Å². The number of amides is 1. The number of nitrogens with one attached hydrogen (secondary N) is 1. The van der Waals surface area contributed by atoms with Gasteiger partial charge in [0.25, 0.3) is 5.56 Å². The van der Waals surface area contributed by atoms with Crippen molar-refractivity contribution in [3.63, 3.8) is 0 Å². The van der Waals surface area contributed by atoms with Gasteiger partial charge in [0.15, 0.2) is 5.16 Å². The summed E-state index contributed by atoms with van der Waals surface area (Å²) in [5.74, 6) is 0.318. The third kappa shape index (κ3) is 4.61. The molecule has 4 rings (SSSR count). The minimum atomic E-state index is -0.380. The van der Waals surface area contributed by atoms with Crippen molar-refractivity contribution in [1.82, 2.24) is 14.9 Å². The molecule has 8 heteroatoms. The lowest BCUT2D eigenvalue weighted by molar-refractivity contribution is -0.120. The van der Waals surface area contributed by atoms with Gasteiger partial charge < -0.3 is 5.32 Å². The van der Waals surface area contributed by atoms with Crippen LogP contribution in [0.4, 0.5) is 0 Å². The minimum Gasteiger partial charge on any atom is -0.355 e. The quantitative estimate of drug-likeness (QED) is 0.290. The summed E-state index contributed by atoms with van der Waals surface area (Å²) in [4.78, 5) is 32.8. The van der Waals surface area contributed by atoms with Crippen molar-refractivity contribution < 1.29 is 4.79 Å². The van der Waals surface area contributed by atoms with Crippen LogP contribution in [0.5, 0.6) is 0 Å². The number of hydrogen-bond donors (Lipinski definition) is 1. The molecule has 1 aromatic carbocycles. The molecule has 160 valence electrons. The molecule has 0 aliphatic carbocycles. The molecule has 4 aromatic rings. The van der Waals surface area contributed by atoms with E-state index in [1.54, 1.807) is 15.9 Å². The molecular formula is C23H23N3O2S3. The zero-order valence-electron chi connectivity index (χ0n) is 17.5. The second-order valence-corrected chi connectivity index (χ2v) is 10.7. The van der Waals surface area contributed by atoms with Gasteiger partial charge in [-0.05, 0) is 36.4 Å². The predicted molar refractivity (Wildman–Crippen MR) is 132 cm³/mol. The van der Waals surface area contributed by atoms with Gasteiger partial charge in [-0.25, -0.2) is 4.98 Å². The maximum absolute atomic E-state index is 13.7. The Labute approximate surface area is 193 Å². The molecule has 0 aliphatic rings. The average Bonchev–Trinajstić information content (AvgIpc) is 3.42. The number of thiophene rings is 2. The van der Waals surface area contributed by atoms with Crippen LogP contribution in [0.3, 0.4) is 0 Å². The standard InChI is InChI=1S/C23H23N3O2S3/c1-14(2)12-24-20(27)15(3)31-23-25-21-19(17(13-30-21)18-10-7-11-29-18)22(28)26(23)16-8-5-4-6-9-16/h4-11,13-15H,12H2,1-3H3,(H,24,27). The highest BCUT2D eigenvalue weighted by atomic mass is 32.2. The van der Waals surface area contributed by atoms with E-state index in [2.05, 4.69) is 19.2 Å². The lowest BCUT2D eigenvalue weighted by Crippen LogP contribution is -2.34. The molecule has 1 atom stereocenters. The molecule has 3 aromatic heterocycles. The fraction of sp³-hybridized carbons (Fsp3) is 0.261. The number of carbonyl (C=O) groups excluding carboxylic acids is 1. The van der Waals surface area contributed by atoms with Crippen molar-refractivity contribution in [2.24, 2.45) is 5.92 Å². The van der Waals surface area contributed by atoms with E-state index >= 15 is 0 Å². The number of thioether (sulfide) groups is 1. The van der Waals surface area contributed by atoms with Gasteiger partial charge in [-0.15, -0.1) is 22.7 Å². The van der Waals surface area contributed by atoms with Gasteiger partial charge in [-0.3, -0.25) is 14.2 Å². The summed E-state index contributed by atoms with van der Waals surface area (Å²) in [6.45, 7) is 6.58. The molecule has 5 nitrogen and oxygen atoms in total. The predicted octanol–water partition coefficient (Wildman–Crippen LogP) is 5.43. The number of fused-ring (bicyclic) bond motifs is 1. The van der Waals surface area contributed by atoms with Crippen molar-refractivity contribution in [2.75, 3.05) is 6.54 Å². The first-order valence-corrected chi connectivity index (χ1v) is 12.7. The van der Waals surface area contributed by atoms with Gasteiger partial charge in [-0.2, -0.15) is 0 Å². The number of rotatable bonds is 7. The second-order valence-electron chi connectivity index (χ2n) is 7.58. The van der Waals surface area contributed by atoms with Crippen LogP contribution in [-0.2, 0) is 4.79 Å². The minimum absolute atomic E-state index is 0.0573. The maximum atomic E-state index is 13.7. The fourth-order valence-corrected chi connectivity index (χ4v) is 5.88. The molecule has 0 spiro atoms. The summed E-state index contributed by atoms with van der Waals surface area (Å²) in [6, 6.07) is 13.5. The van der Waals surface area contributed by atoms with E-state index in [4.69, 9.17) is 4.98 Å². The summed E-state index contributed by atoms with van der Waals surface area (Å²) >= 11 is 4.38. The lowest BCUT2D eigenvalue weighted by Gasteiger charge is -2.16. The Morgan fingerprint density at radius 2 is 1.90 bits per heavy atom. The molecule has 1 N–H and O–H groups in total. The highest BCUT2D eigenvalue weighted by Gasteiger charge is 2.22. The topological polar surface area (TPSA) is 64.0 Å². The normalized spacial score (nSPS) is 12.4. The third-order valence-electron chi connectivity index (χ3n) is 4.71. The molecule has 3 heterocycles. The van der Waals surface area contributed by atoms with Crippen LogP contribution in [0.15, 0.2) is 63.2 Å². The molecule has 0 fully saturated rings. The van der Waals surface area contributed by atoms with Gasteiger partial charge in [0.2, 0.25) is 5.91 Å². The van der Waals surface area contributed by atoms with Crippen LogP contribution in [0.2, 0.25) is 0 Å². The molecule has 0 radical (unpaired) electrons. The van der Waals surface area contributed by atoms with Crippen molar-refractivity contribution in [1.29, 1.82) is 0 Å². The molecular weight excluding hydrogens is 446 g/mol. The van der Waals surface area contributed by atoms with E-state index in [-0.39, 0.29) is 16.7 Å². The number of carbonyl (C=O) groups is 1. The Balaban J connectivity index is 1.81. The van der Waals surface area contributed by atoms with E-state index < -0.39 is 0 Å². The zero-order valence-corrected chi connectivity index (χ0v) is 19.9. The van der Waals surface area contributed by atoms with Gasteiger partial charge in [-0.1, -0.05) is 49.9 Å². The summed E-state index contributed by atoms with van der Waals surface area (Å²) in [6.07, 6.45) is 0. The first kappa shape index (κ1) is 21.8. The first-order chi connectivity index (χ1) is 15.0. The highest BCUT2D eigenvalue weighted by Crippen LogP contribution is 2.35. The summed E-state index contributed by atoms with van der Waals surface area (Å²) in [7, 11) is 0. The Morgan fingerprint density at radius 3 is 2.58 bits per heavy atom. The lowest BCUT2D eigenvalue weighted by atomic mass is 10.2.